The van der Waals surface area contributed by atoms with E-state index >= 15 is 0 Å². The molecular weight excluding hydrogens is 373 g/mol. The Hall–Kier alpha value is -3.48. The number of esters is 1. The molecule has 0 fully saturated rings. The maximum atomic E-state index is 13.2. The van der Waals surface area contributed by atoms with Crippen LogP contribution in [0.15, 0.2) is 64.4 Å². The minimum Gasteiger partial charge on any atom is -0.469 e. The first-order chi connectivity index (χ1) is 14.0. The van der Waals surface area contributed by atoms with E-state index in [9.17, 15) is 14.0 Å². The van der Waals surface area contributed by atoms with E-state index in [1.54, 1.807) is 6.92 Å². The number of nitrogens with zero attached hydrogens (tertiary/aromatic N) is 2. The zero-order valence-electron chi connectivity index (χ0n) is 16.3. The van der Waals surface area contributed by atoms with Crippen molar-refractivity contribution in [1.82, 2.24) is 9.78 Å². The van der Waals surface area contributed by atoms with Crippen LogP contribution in [0.5, 0.6) is 0 Å². The van der Waals surface area contributed by atoms with Crippen molar-refractivity contribution in [3.05, 3.63) is 87.6 Å². The topological polar surface area (TPSA) is 76.5 Å². The summed E-state index contributed by atoms with van der Waals surface area (Å²) in [5.41, 5.74) is 2.53. The number of hydrogen-bond acceptors (Lipinski definition) is 4. The molecule has 0 amide bonds. The molecule has 0 aliphatic carbocycles. The van der Waals surface area contributed by atoms with Gasteiger partial charge in [0.25, 0.3) is 5.56 Å². The van der Waals surface area contributed by atoms with Crippen LogP contribution >= 0.6 is 0 Å². The summed E-state index contributed by atoms with van der Waals surface area (Å²) in [7, 11) is 1.29. The highest BCUT2D eigenvalue weighted by Crippen LogP contribution is 2.12. The van der Waals surface area contributed by atoms with Crippen LogP contribution in [0.2, 0.25) is 0 Å². The fourth-order valence-corrected chi connectivity index (χ4v) is 3.05. The highest BCUT2D eigenvalue weighted by Gasteiger charge is 2.20. The van der Waals surface area contributed by atoms with Crippen molar-refractivity contribution in [2.24, 2.45) is 4.99 Å². The van der Waals surface area contributed by atoms with Gasteiger partial charge in [0.1, 0.15) is 5.82 Å². The van der Waals surface area contributed by atoms with Crippen molar-refractivity contribution in [3.8, 4) is 5.69 Å². The highest BCUT2D eigenvalue weighted by molar-refractivity contribution is 6.00. The summed E-state index contributed by atoms with van der Waals surface area (Å²) in [5.74, 6) is -0.877. The smallest absolute Gasteiger partial charge is 0.311 e. The number of carbonyl (C=O) groups excluding carboxylic acids is 1. The lowest BCUT2D eigenvalue weighted by molar-refractivity contribution is -0.139. The molecule has 1 heterocycles. The van der Waals surface area contributed by atoms with Gasteiger partial charge in [0.05, 0.1) is 30.5 Å². The number of nitrogens with one attached hydrogen (secondary N) is 1. The van der Waals surface area contributed by atoms with E-state index in [-0.39, 0.29) is 12.0 Å². The Morgan fingerprint density at radius 1 is 1.14 bits per heavy atom. The Morgan fingerprint density at radius 2 is 1.83 bits per heavy atom. The molecule has 0 aliphatic heterocycles. The minimum atomic E-state index is -0.476. The van der Waals surface area contributed by atoms with Gasteiger partial charge in [0, 0.05) is 12.3 Å². The number of carbonyl (C=O) groups is 1. The Kier molecular flexibility index (Phi) is 6.39. The summed E-state index contributed by atoms with van der Waals surface area (Å²) in [5, 5.41) is 2.94. The first kappa shape index (κ1) is 20.3. The number of halogens is 1. The predicted molar refractivity (Wildman–Crippen MR) is 109 cm³/mol. The third-order valence-electron chi connectivity index (χ3n) is 4.55. The second kappa shape index (κ2) is 9.14. The highest BCUT2D eigenvalue weighted by atomic mass is 19.1. The molecule has 6 nitrogen and oxygen atoms in total. The van der Waals surface area contributed by atoms with Gasteiger partial charge in [-0.25, -0.2) is 9.07 Å². The summed E-state index contributed by atoms with van der Waals surface area (Å²) in [6, 6.07) is 15.4. The quantitative estimate of drug-likeness (QED) is 0.493. The van der Waals surface area contributed by atoms with Crippen LogP contribution in [-0.4, -0.2) is 35.1 Å². The summed E-state index contributed by atoms with van der Waals surface area (Å²) in [6.07, 6.45) is 0.641. The fourth-order valence-electron chi connectivity index (χ4n) is 3.05. The Morgan fingerprint density at radius 3 is 2.48 bits per heavy atom. The number of hydrogen-bond donors (Lipinski definition) is 1. The van der Waals surface area contributed by atoms with Gasteiger partial charge in [-0.3, -0.25) is 19.7 Å². The molecule has 0 saturated heterocycles. The normalized spacial score (nSPS) is 11.5. The molecule has 0 radical (unpaired) electrons. The van der Waals surface area contributed by atoms with E-state index in [2.05, 4.69) is 10.1 Å². The van der Waals surface area contributed by atoms with Crippen LogP contribution in [-0.2, 0) is 22.4 Å². The van der Waals surface area contributed by atoms with E-state index in [0.29, 0.717) is 29.2 Å². The van der Waals surface area contributed by atoms with E-state index in [0.717, 1.165) is 12.0 Å². The van der Waals surface area contributed by atoms with Crippen molar-refractivity contribution >= 4 is 11.7 Å². The van der Waals surface area contributed by atoms with Crippen LogP contribution in [0.3, 0.4) is 0 Å². The van der Waals surface area contributed by atoms with Gasteiger partial charge in [-0.1, -0.05) is 30.3 Å². The summed E-state index contributed by atoms with van der Waals surface area (Å²) >= 11 is 0. The molecule has 7 heteroatoms. The van der Waals surface area contributed by atoms with E-state index in [4.69, 9.17) is 4.74 Å². The number of aromatic nitrogens is 2. The van der Waals surface area contributed by atoms with Crippen molar-refractivity contribution in [1.29, 1.82) is 0 Å². The van der Waals surface area contributed by atoms with Gasteiger partial charge in [-0.15, -0.1) is 0 Å². The van der Waals surface area contributed by atoms with Crippen molar-refractivity contribution in [3.63, 3.8) is 0 Å². The maximum Gasteiger partial charge on any atom is 0.311 e. The molecule has 3 aromatic rings. The standard InChI is InChI=1S/C22H22FN3O3/c1-15(24-13-12-16-6-4-3-5-7-16)21-19(14-20(27)29-2)25-26(22(21)28)18-10-8-17(23)9-11-18/h3-11,25H,12-14H2,1-2H3. The molecule has 2 aromatic carbocycles. The van der Waals surface area contributed by atoms with Gasteiger partial charge in [0.15, 0.2) is 0 Å². The third-order valence-corrected chi connectivity index (χ3v) is 4.55. The molecule has 0 unspecified atom stereocenters. The lowest BCUT2D eigenvalue weighted by Gasteiger charge is -2.02. The summed E-state index contributed by atoms with van der Waals surface area (Å²) in [6.45, 7) is 2.25. The number of aliphatic imine (C=N–C) groups is 1. The molecule has 3 rings (SSSR count). The molecule has 0 atom stereocenters. The van der Waals surface area contributed by atoms with E-state index in [1.807, 2.05) is 30.3 Å². The Balaban J connectivity index is 1.94. The van der Waals surface area contributed by atoms with Crippen LogP contribution in [0, 0.1) is 5.82 Å². The minimum absolute atomic E-state index is 0.0964. The van der Waals surface area contributed by atoms with Gasteiger partial charge in [0.2, 0.25) is 0 Å². The molecular formula is C22H22FN3O3. The maximum absolute atomic E-state index is 13.2. The van der Waals surface area contributed by atoms with Crippen LogP contribution < -0.4 is 5.56 Å². The van der Waals surface area contributed by atoms with Crippen LogP contribution in [0.4, 0.5) is 4.39 Å². The Labute approximate surface area is 167 Å². The largest absolute Gasteiger partial charge is 0.469 e. The van der Waals surface area contributed by atoms with Gasteiger partial charge in [-0.05, 0) is 43.2 Å². The third kappa shape index (κ3) is 4.87. The van der Waals surface area contributed by atoms with Gasteiger partial charge < -0.3 is 4.74 Å². The number of benzene rings is 2. The van der Waals surface area contributed by atoms with Crippen molar-refractivity contribution < 1.29 is 13.9 Å². The number of rotatable bonds is 7. The van der Waals surface area contributed by atoms with Crippen LogP contribution in [0.25, 0.3) is 5.69 Å². The van der Waals surface area contributed by atoms with Gasteiger partial charge in [-0.2, -0.15) is 0 Å². The first-order valence-electron chi connectivity index (χ1n) is 9.21. The van der Waals surface area contributed by atoms with Gasteiger partial charge >= 0.3 is 5.97 Å². The monoisotopic (exact) mass is 395 g/mol. The van der Waals surface area contributed by atoms with E-state index < -0.39 is 11.8 Å². The number of H-pyrrole nitrogens is 1. The molecule has 1 aromatic heterocycles. The Bertz CT molecular complexity index is 1070. The molecule has 0 aliphatic rings. The SMILES string of the molecule is COC(=O)Cc1[nH]n(-c2ccc(F)cc2)c(=O)c1C(C)=NCCc1ccccc1. The van der Waals surface area contributed by atoms with Crippen LogP contribution in [0.1, 0.15) is 23.7 Å². The van der Waals surface area contributed by atoms with E-state index in [1.165, 1.54) is 36.1 Å². The molecule has 0 bridgehead atoms. The summed E-state index contributed by atoms with van der Waals surface area (Å²) < 4.78 is 19.3. The molecule has 0 saturated carbocycles. The number of ether oxygens (including phenoxy) is 1. The molecule has 29 heavy (non-hydrogen) atoms. The zero-order valence-corrected chi connectivity index (χ0v) is 16.3. The lowest BCUT2D eigenvalue weighted by Crippen LogP contribution is -2.20. The zero-order chi connectivity index (χ0) is 20.8. The first-order valence-corrected chi connectivity index (χ1v) is 9.21. The van der Waals surface area contributed by atoms with Crippen molar-refractivity contribution in [2.75, 3.05) is 13.7 Å². The second-order valence-electron chi connectivity index (χ2n) is 6.54. The predicted octanol–water partition coefficient (Wildman–Crippen LogP) is 3.07. The molecule has 150 valence electrons. The lowest BCUT2D eigenvalue weighted by atomic mass is 10.1. The second-order valence-corrected chi connectivity index (χ2v) is 6.54. The average Bonchev–Trinajstić information content (AvgIpc) is 3.05. The summed E-state index contributed by atoms with van der Waals surface area (Å²) in [4.78, 5) is 29.4. The number of methoxy groups -OCH3 is 1. The number of aromatic amines is 1. The molecule has 0 spiro atoms. The van der Waals surface area contributed by atoms with Crippen molar-refractivity contribution in [2.45, 2.75) is 19.8 Å². The fraction of sp³-hybridized carbons (Fsp3) is 0.227. The average molecular weight is 395 g/mol. The molecule has 1 N–H and O–H groups in total.